The zero-order valence-electron chi connectivity index (χ0n) is 17.1. The number of phenols is 1. The summed E-state index contributed by atoms with van der Waals surface area (Å²) in [5, 5.41) is 17.6. The SMILES string of the molecule is C=C(c1cccc(Nc2nsnc2NC(CC)c2ccccc2)c1O)N1CCCC1. The first kappa shape index (κ1) is 20.2. The lowest BCUT2D eigenvalue weighted by molar-refractivity contribution is 0.462. The standard InChI is InChI=1S/C23H27N5OS/c1-3-19(17-10-5-4-6-11-17)24-22-23(27-30-26-22)25-20-13-9-12-18(21(20)29)16(2)28-14-7-8-15-28/h4-6,9-13,19,29H,2-3,7-8,14-15H2,1H3,(H,24,26)(H,25,27). The lowest BCUT2D eigenvalue weighted by Crippen LogP contribution is -2.16. The Bertz CT molecular complexity index is 998. The van der Waals surface area contributed by atoms with E-state index in [1.165, 1.54) is 5.56 Å². The number of anilines is 3. The van der Waals surface area contributed by atoms with Crippen LogP contribution in [0.2, 0.25) is 0 Å². The van der Waals surface area contributed by atoms with Gasteiger partial charge in [-0.05, 0) is 37.0 Å². The van der Waals surface area contributed by atoms with Gasteiger partial charge in [0, 0.05) is 24.4 Å². The molecule has 0 bridgehead atoms. The minimum Gasteiger partial charge on any atom is -0.505 e. The molecule has 4 rings (SSSR count). The fourth-order valence-electron chi connectivity index (χ4n) is 3.80. The van der Waals surface area contributed by atoms with E-state index in [0.29, 0.717) is 17.3 Å². The van der Waals surface area contributed by atoms with E-state index < -0.39 is 0 Å². The van der Waals surface area contributed by atoms with Crippen LogP contribution in [-0.2, 0) is 0 Å². The molecule has 1 saturated heterocycles. The van der Waals surface area contributed by atoms with Gasteiger partial charge in [0.1, 0.15) is 5.75 Å². The first-order valence-corrected chi connectivity index (χ1v) is 11.1. The smallest absolute Gasteiger partial charge is 0.188 e. The van der Waals surface area contributed by atoms with Gasteiger partial charge in [-0.3, -0.25) is 0 Å². The molecule has 0 amide bonds. The summed E-state index contributed by atoms with van der Waals surface area (Å²) < 4.78 is 8.82. The number of nitrogens with zero attached hydrogens (tertiary/aromatic N) is 3. The first-order chi connectivity index (χ1) is 14.7. The molecule has 1 fully saturated rings. The molecule has 0 spiro atoms. The van der Waals surface area contributed by atoms with Crippen molar-refractivity contribution in [3.63, 3.8) is 0 Å². The largest absolute Gasteiger partial charge is 0.505 e. The molecule has 156 valence electrons. The summed E-state index contributed by atoms with van der Waals surface area (Å²) in [5.74, 6) is 1.47. The maximum absolute atomic E-state index is 10.9. The molecule has 0 radical (unpaired) electrons. The highest BCUT2D eigenvalue weighted by molar-refractivity contribution is 6.99. The number of hydrogen-bond acceptors (Lipinski definition) is 7. The molecule has 3 N–H and O–H groups in total. The normalized spacial score (nSPS) is 14.5. The van der Waals surface area contributed by atoms with Crippen molar-refractivity contribution in [2.45, 2.75) is 32.2 Å². The third-order valence-corrected chi connectivity index (χ3v) is 6.03. The molecule has 1 aliphatic heterocycles. The van der Waals surface area contributed by atoms with Gasteiger partial charge in [0.05, 0.1) is 23.5 Å². The van der Waals surface area contributed by atoms with E-state index in [-0.39, 0.29) is 11.8 Å². The van der Waals surface area contributed by atoms with Crippen molar-refractivity contribution in [3.8, 4) is 5.75 Å². The second kappa shape index (κ2) is 9.17. The Hall–Kier alpha value is -3.06. The van der Waals surface area contributed by atoms with Crippen LogP contribution >= 0.6 is 11.7 Å². The van der Waals surface area contributed by atoms with Crippen molar-refractivity contribution in [1.29, 1.82) is 0 Å². The van der Waals surface area contributed by atoms with Crippen LogP contribution < -0.4 is 10.6 Å². The van der Waals surface area contributed by atoms with Gasteiger partial charge in [0.15, 0.2) is 11.6 Å². The minimum absolute atomic E-state index is 0.130. The van der Waals surface area contributed by atoms with E-state index in [1.54, 1.807) is 0 Å². The van der Waals surface area contributed by atoms with Crippen LogP contribution in [0.1, 0.15) is 43.4 Å². The minimum atomic E-state index is 0.130. The van der Waals surface area contributed by atoms with Crippen LogP contribution in [0.15, 0.2) is 55.1 Å². The summed E-state index contributed by atoms with van der Waals surface area (Å²) in [6, 6.07) is 16.1. The summed E-state index contributed by atoms with van der Waals surface area (Å²) in [7, 11) is 0. The number of para-hydroxylation sites is 1. The number of hydrogen-bond donors (Lipinski definition) is 3. The molecular formula is C23H27N5OS. The topological polar surface area (TPSA) is 73.3 Å². The Kier molecular flexibility index (Phi) is 6.18. The number of aromatic nitrogens is 2. The van der Waals surface area contributed by atoms with Gasteiger partial charge in [-0.2, -0.15) is 8.75 Å². The molecule has 3 aromatic rings. The second-order valence-electron chi connectivity index (χ2n) is 7.44. The monoisotopic (exact) mass is 421 g/mol. The average molecular weight is 422 g/mol. The van der Waals surface area contributed by atoms with E-state index in [2.05, 4.69) is 49.9 Å². The average Bonchev–Trinajstić information content (AvgIpc) is 3.46. The first-order valence-electron chi connectivity index (χ1n) is 10.3. The highest BCUT2D eigenvalue weighted by atomic mass is 32.1. The molecule has 0 saturated carbocycles. The summed E-state index contributed by atoms with van der Waals surface area (Å²) in [6.45, 7) is 8.31. The van der Waals surface area contributed by atoms with E-state index in [4.69, 9.17) is 0 Å². The van der Waals surface area contributed by atoms with Crippen LogP contribution in [0.5, 0.6) is 5.75 Å². The van der Waals surface area contributed by atoms with Crippen LogP contribution in [0.3, 0.4) is 0 Å². The Morgan fingerprint density at radius 2 is 1.83 bits per heavy atom. The molecule has 1 atom stereocenters. The number of likely N-dealkylation sites (tertiary alicyclic amines) is 1. The maximum atomic E-state index is 10.9. The van der Waals surface area contributed by atoms with E-state index in [9.17, 15) is 5.11 Å². The van der Waals surface area contributed by atoms with Gasteiger partial charge in [-0.25, -0.2) is 0 Å². The third-order valence-electron chi connectivity index (χ3n) is 5.50. The predicted octanol–water partition coefficient (Wildman–Crippen LogP) is 5.62. The predicted molar refractivity (Wildman–Crippen MR) is 124 cm³/mol. The Morgan fingerprint density at radius 1 is 1.10 bits per heavy atom. The molecule has 1 aromatic heterocycles. The summed E-state index contributed by atoms with van der Waals surface area (Å²) >= 11 is 1.14. The number of aromatic hydroxyl groups is 1. The van der Waals surface area contributed by atoms with Crippen LogP contribution in [0.25, 0.3) is 5.70 Å². The second-order valence-corrected chi connectivity index (χ2v) is 7.97. The van der Waals surface area contributed by atoms with Crippen molar-refractivity contribution in [2.75, 3.05) is 23.7 Å². The molecule has 30 heavy (non-hydrogen) atoms. The molecule has 0 aliphatic carbocycles. The van der Waals surface area contributed by atoms with Crippen LogP contribution in [0.4, 0.5) is 17.3 Å². The number of phenolic OH excluding ortho intramolecular Hbond substituents is 1. The Morgan fingerprint density at radius 3 is 2.57 bits per heavy atom. The molecule has 2 heterocycles. The maximum Gasteiger partial charge on any atom is 0.188 e. The summed E-state index contributed by atoms with van der Waals surface area (Å²) in [5.41, 5.74) is 3.40. The van der Waals surface area contributed by atoms with Crippen molar-refractivity contribution in [1.82, 2.24) is 13.6 Å². The fourth-order valence-corrected chi connectivity index (χ4v) is 4.27. The number of nitrogens with one attached hydrogen (secondary N) is 2. The van der Waals surface area contributed by atoms with Gasteiger partial charge in [-0.1, -0.05) is 49.9 Å². The quantitative estimate of drug-likeness (QED) is 0.410. The molecule has 6 nitrogen and oxygen atoms in total. The van der Waals surface area contributed by atoms with Gasteiger partial charge in [-0.15, -0.1) is 0 Å². The van der Waals surface area contributed by atoms with Crippen molar-refractivity contribution in [3.05, 3.63) is 66.2 Å². The zero-order valence-corrected chi connectivity index (χ0v) is 18.0. The highest BCUT2D eigenvalue weighted by Gasteiger charge is 2.20. The van der Waals surface area contributed by atoms with Gasteiger partial charge in [0.25, 0.3) is 0 Å². The van der Waals surface area contributed by atoms with E-state index in [1.807, 2.05) is 36.4 Å². The van der Waals surface area contributed by atoms with Gasteiger partial charge < -0.3 is 20.6 Å². The van der Waals surface area contributed by atoms with E-state index >= 15 is 0 Å². The number of rotatable bonds is 8. The Labute approximate surface area is 181 Å². The van der Waals surface area contributed by atoms with Crippen molar-refractivity contribution < 1.29 is 5.11 Å². The van der Waals surface area contributed by atoms with Crippen LogP contribution in [0, 0.1) is 0 Å². The molecule has 7 heteroatoms. The van der Waals surface area contributed by atoms with Crippen molar-refractivity contribution >= 4 is 34.7 Å². The molecule has 2 aromatic carbocycles. The third kappa shape index (κ3) is 4.26. The summed E-state index contributed by atoms with van der Waals surface area (Å²) in [6.07, 6.45) is 3.24. The molecule has 1 unspecified atom stereocenters. The van der Waals surface area contributed by atoms with E-state index in [0.717, 1.165) is 55.3 Å². The lowest BCUT2D eigenvalue weighted by Gasteiger charge is -2.22. The Balaban J connectivity index is 1.54. The molecular weight excluding hydrogens is 394 g/mol. The van der Waals surface area contributed by atoms with Crippen LogP contribution in [-0.4, -0.2) is 31.8 Å². The molecule has 1 aliphatic rings. The summed E-state index contributed by atoms with van der Waals surface area (Å²) in [4.78, 5) is 2.22. The number of benzene rings is 2. The van der Waals surface area contributed by atoms with Gasteiger partial charge in [0.2, 0.25) is 0 Å². The van der Waals surface area contributed by atoms with Gasteiger partial charge >= 0.3 is 0 Å². The lowest BCUT2D eigenvalue weighted by atomic mass is 10.0. The fraction of sp³-hybridized carbons (Fsp3) is 0.304. The highest BCUT2D eigenvalue weighted by Crippen LogP contribution is 2.37. The van der Waals surface area contributed by atoms with Crippen molar-refractivity contribution in [2.24, 2.45) is 0 Å². The zero-order chi connectivity index (χ0) is 20.9.